The van der Waals surface area contributed by atoms with Crippen molar-refractivity contribution in [3.63, 3.8) is 0 Å². The zero-order valence-corrected chi connectivity index (χ0v) is 19.3. The second-order valence-electron chi connectivity index (χ2n) is 7.69. The number of aromatic nitrogens is 6. The van der Waals surface area contributed by atoms with Crippen molar-refractivity contribution in [2.45, 2.75) is 17.9 Å². The fraction of sp³-hybridized carbons (Fsp3) is 0.182. The monoisotopic (exact) mass is 493 g/mol. The normalized spacial score (nSPS) is 12.1. The lowest BCUT2D eigenvalue weighted by molar-refractivity contribution is -0.139. The number of benzene rings is 2. The molecule has 0 saturated heterocycles. The average molecular weight is 494 g/mol. The van der Waals surface area contributed by atoms with Crippen LogP contribution in [0.5, 0.6) is 0 Å². The summed E-state index contributed by atoms with van der Waals surface area (Å²) in [6, 6.07) is 14.6. The van der Waals surface area contributed by atoms with Crippen molar-refractivity contribution in [3.8, 4) is 28.6 Å². The quantitative estimate of drug-likeness (QED) is 0.348. The summed E-state index contributed by atoms with van der Waals surface area (Å²) >= 11 is 0. The number of nitrogens with two attached hydrogens (primary N) is 1. The predicted octanol–water partition coefficient (Wildman–Crippen LogP) is 1.69. The number of tetrazole rings is 1. The first-order chi connectivity index (χ1) is 16.7. The molecular formula is C22H21N8O4S+. The standard InChI is InChI=1S/C22H20N8O4S/c1-30-13-25-12-17(30)9-16(22(31)32)11-24-10-14-5-7-15(8-6-14)18-3-2-4-19(35(23,33)34)20(18)21-26-28-29-27-21/h2-8,12-13,16H,9-10H2,1H3,(H3-,23,26,27,28,29,31,32,33,34)/p+1. The van der Waals surface area contributed by atoms with Crippen molar-refractivity contribution in [1.29, 1.82) is 0 Å². The minimum atomic E-state index is -4.05. The fourth-order valence-corrected chi connectivity index (χ4v) is 4.28. The smallest absolute Gasteiger partial charge is 0.325 e. The van der Waals surface area contributed by atoms with Gasteiger partial charge in [-0.3, -0.25) is 4.79 Å². The third kappa shape index (κ3) is 5.40. The third-order valence-corrected chi connectivity index (χ3v) is 6.26. The van der Waals surface area contributed by atoms with Crippen LogP contribution in [0.2, 0.25) is 0 Å². The first-order valence-electron chi connectivity index (χ1n) is 10.3. The van der Waals surface area contributed by atoms with Gasteiger partial charge in [0.2, 0.25) is 15.8 Å². The number of hydrogen-bond donors (Lipinski definition) is 3. The Morgan fingerprint density at radius 3 is 2.63 bits per heavy atom. The van der Waals surface area contributed by atoms with Crippen molar-refractivity contribution in [2.75, 3.05) is 0 Å². The Balaban J connectivity index is 1.58. The van der Waals surface area contributed by atoms with Gasteiger partial charge in [-0.15, -0.1) is 10.2 Å². The highest BCUT2D eigenvalue weighted by atomic mass is 32.2. The molecular weight excluding hydrogens is 472 g/mol. The molecule has 4 rings (SSSR count). The van der Waals surface area contributed by atoms with E-state index in [1.807, 2.05) is 0 Å². The molecule has 1 atom stereocenters. The number of rotatable bonds is 7. The van der Waals surface area contributed by atoms with Gasteiger partial charge in [0.15, 0.2) is 5.92 Å². The van der Waals surface area contributed by atoms with Gasteiger partial charge in [-0.2, -0.15) is 5.21 Å². The molecule has 0 aliphatic carbocycles. The number of hydrogen-bond acceptors (Lipinski definition) is 7. The molecule has 4 N–H and O–H groups in total. The van der Waals surface area contributed by atoms with Crippen LogP contribution < -0.4 is 5.14 Å². The molecule has 0 amide bonds. The average Bonchev–Trinajstić information content (AvgIpc) is 3.50. The maximum Gasteiger partial charge on any atom is 0.325 e. The molecule has 13 heteroatoms. The zero-order chi connectivity index (χ0) is 25.0. The van der Waals surface area contributed by atoms with Crippen molar-refractivity contribution in [3.05, 3.63) is 71.1 Å². The van der Waals surface area contributed by atoms with E-state index in [2.05, 4.69) is 36.5 Å². The number of aliphatic carboxylic acids is 1. The van der Waals surface area contributed by atoms with E-state index in [4.69, 9.17) is 5.14 Å². The van der Waals surface area contributed by atoms with Crippen LogP contribution in [-0.2, 0) is 34.8 Å². The lowest BCUT2D eigenvalue weighted by atomic mass is 9.98. The summed E-state index contributed by atoms with van der Waals surface area (Å²) in [4.78, 5) is 19.7. The van der Waals surface area contributed by atoms with Gasteiger partial charge < -0.3 is 9.67 Å². The lowest BCUT2D eigenvalue weighted by Gasteiger charge is -2.11. The van der Waals surface area contributed by atoms with E-state index in [9.17, 15) is 18.3 Å². The molecule has 0 aliphatic heterocycles. The maximum absolute atomic E-state index is 12.2. The number of nitrogens with one attached hydrogen (secondary N) is 1. The zero-order valence-electron chi connectivity index (χ0n) is 18.5. The number of carbonyl (C=O) groups is 1. The molecule has 0 radical (unpaired) electrons. The first-order valence-corrected chi connectivity index (χ1v) is 11.9. The summed E-state index contributed by atoms with van der Waals surface area (Å²) in [6.07, 6.45) is 3.45. The van der Waals surface area contributed by atoms with Gasteiger partial charge in [0.05, 0.1) is 16.8 Å². The molecule has 0 aliphatic rings. The summed E-state index contributed by atoms with van der Waals surface area (Å²) in [5.41, 5.74) is 3.08. The Morgan fingerprint density at radius 2 is 2.03 bits per heavy atom. The number of H-pyrrole nitrogens is 1. The van der Waals surface area contributed by atoms with E-state index in [0.29, 0.717) is 11.1 Å². The Kier molecular flexibility index (Phi) is 6.67. The van der Waals surface area contributed by atoms with Crippen LogP contribution in [0.1, 0.15) is 11.3 Å². The largest absolute Gasteiger partial charge is 0.480 e. The molecule has 2 aromatic heterocycles. The van der Waals surface area contributed by atoms with Gasteiger partial charge in [-0.05, 0) is 22.4 Å². The molecule has 2 aromatic carbocycles. The van der Waals surface area contributed by atoms with E-state index in [1.165, 1.54) is 6.07 Å². The van der Waals surface area contributed by atoms with Crippen molar-refractivity contribution < 1.29 is 18.3 Å². The molecule has 0 saturated carbocycles. The second-order valence-corrected chi connectivity index (χ2v) is 9.22. The SMILES string of the molecule is Cn1cncc1CC(C#[N+]Cc1ccc(-c2cccc(S(N)(=O)=O)c2-c2nn[nH]n2)cc1)C(=O)O. The molecule has 0 spiro atoms. The number of sulfonamides is 1. The number of aromatic amines is 1. The first kappa shape index (κ1) is 23.7. The summed E-state index contributed by atoms with van der Waals surface area (Å²) in [7, 11) is -2.25. The van der Waals surface area contributed by atoms with Crippen LogP contribution in [0.4, 0.5) is 0 Å². The van der Waals surface area contributed by atoms with Gasteiger partial charge >= 0.3 is 5.97 Å². The highest BCUT2D eigenvalue weighted by molar-refractivity contribution is 7.89. The Morgan fingerprint density at radius 1 is 1.26 bits per heavy atom. The van der Waals surface area contributed by atoms with Crippen LogP contribution >= 0.6 is 0 Å². The van der Waals surface area contributed by atoms with Crippen LogP contribution in [0.15, 0.2) is 59.9 Å². The van der Waals surface area contributed by atoms with Gasteiger partial charge in [0.1, 0.15) is 0 Å². The number of carboxylic acid groups (broad SMARTS) is 1. The van der Waals surface area contributed by atoms with Crippen LogP contribution in [0, 0.1) is 12.0 Å². The Labute approximate surface area is 200 Å². The number of carboxylic acids is 1. The second kappa shape index (κ2) is 9.84. The van der Waals surface area contributed by atoms with Crippen molar-refractivity contribution in [2.24, 2.45) is 18.1 Å². The number of aryl methyl sites for hydroxylation is 1. The van der Waals surface area contributed by atoms with Crippen LogP contribution in [0.3, 0.4) is 0 Å². The van der Waals surface area contributed by atoms with Gasteiger partial charge in [-0.25, -0.2) is 18.5 Å². The van der Waals surface area contributed by atoms with Gasteiger partial charge in [0, 0.05) is 30.9 Å². The third-order valence-electron chi connectivity index (χ3n) is 5.30. The topological polar surface area (TPSA) is 174 Å². The lowest BCUT2D eigenvalue weighted by Crippen LogP contribution is -2.15. The number of nitrogens with zero attached hydrogens (tertiary/aromatic N) is 6. The van der Waals surface area contributed by atoms with Crippen LogP contribution in [0.25, 0.3) is 27.4 Å². The minimum absolute atomic E-state index is 0.0982. The molecule has 0 fully saturated rings. The highest BCUT2D eigenvalue weighted by Gasteiger charge is 2.24. The van der Waals surface area contributed by atoms with Gasteiger partial charge in [0.25, 0.3) is 12.6 Å². The molecule has 0 bridgehead atoms. The molecule has 1 unspecified atom stereocenters. The maximum atomic E-state index is 12.2. The summed E-state index contributed by atoms with van der Waals surface area (Å²) in [5, 5.41) is 28.6. The summed E-state index contributed by atoms with van der Waals surface area (Å²) < 4.78 is 26.1. The van der Waals surface area contributed by atoms with Crippen LogP contribution in [-0.4, -0.2) is 49.7 Å². The van der Waals surface area contributed by atoms with Crippen molar-refractivity contribution in [1.82, 2.24) is 30.2 Å². The van der Waals surface area contributed by atoms with E-state index in [0.717, 1.165) is 11.3 Å². The molecule has 2 heterocycles. The summed E-state index contributed by atoms with van der Waals surface area (Å²) in [5.74, 6) is -1.82. The molecule has 12 nitrogen and oxygen atoms in total. The predicted molar refractivity (Wildman–Crippen MR) is 125 cm³/mol. The van der Waals surface area contributed by atoms with E-state index < -0.39 is 21.9 Å². The fourth-order valence-electron chi connectivity index (χ4n) is 3.52. The molecule has 4 aromatic rings. The molecule has 178 valence electrons. The Hall–Kier alpha value is -4.41. The van der Waals surface area contributed by atoms with E-state index >= 15 is 0 Å². The number of primary sulfonamides is 1. The Bertz CT molecular complexity index is 1520. The molecule has 35 heavy (non-hydrogen) atoms. The van der Waals surface area contributed by atoms with E-state index in [-0.39, 0.29) is 29.2 Å². The minimum Gasteiger partial charge on any atom is -0.480 e. The van der Waals surface area contributed by atoms with Gasteiger partial charge in [-0.1, -0.05) is 41.2 Å². The number of imidazole rings is 1. The van der Waals surface area contributed by atoms with Crippen molar-refractivity contribution >= 4 is 16.0 Å². The summed E-state index contributed by atoms with van der Waals surface area (Å²) in [6.45, 7) is 0.227. The highest BCUT2D eigenvalue weighted by Crippen LogP contribution is 2.34. The van der Waals surface area contributed by atoms with E-state index in [1.54, 1.807) is 60.5 Å².